The summed E-state index contributed by atoms with van der Waals surface area (Å²) >= 11 is 0. The Hall–Kier alpha value is -2.28. The molecule has 4 nitrogen and oxygen atoms in total. The van der Waals surface area contributed by atoms with Gasteiger partial charge in [-0.1, -0.05) is 12.1 Å². The summed E-state index contributed by atoms with van der Waals surface area (Å²) in [5, 5.41) is 16.6. The Labute approximate surface area is 107 Å². The van der Waals surface area contributed by atoms with E-state index in [4.69, 9.17) is 5.26 Å². The van der Waals surface area contributed by atoms with Gasteiger partial charge in [0.1, 0.15) is 6.07 Å². The number of nitrogens with one attached hydrogen (secondary N) is 1. The van der Waals surface area contributed by atoms with Crippen molar-refractivity contribution in [1.29, 1.82) is 5.26 Å². The molecule has 1 heterocycles. The normalized spacial score (nSPS) is 11.8. The highest BCUT2D eigenvalue weighted by Gasteiger charge is 2.09. The first-order valence-electron chi connectivity index (χ1n) is 6.02. The topological polar surface area (TPSA) is 53.6 Å². The van der Waals surface area contributed by atoms with E-state index in [9.17, 15) is 0 Å². The third-order valence-electron chi connectivity index (χ3n) is 2.90. The fraction of sp³-hybridized carbons (Fsp3) is 0.286. The van der Waals surface area contributed by atoms with Crippen molar-refractivity contribution in [2.45, 2.75) is 26.4 Å². The monoisotopic (exact) mass is 240 g/mol. The maximum absolute atomic E-state index is 9.04. The Morgan fingerprint density at radius 3 is 2.89 bits per heavy atom. The molecule has 2 rings (SSSR count). The van der Waals surface area contributed by atoms with Gasteiger partial charge in [-0.2, -0.15) is 10.4 Å². The lowest BCUT2D eigenvalue weighted by Crippen LogP contribution is -2.07. The first-order valence-corrected chi connectivity index (χ1v) is 6.02. The minimum Gasteiger partial charge on any atom is -0.377 e. The molecule has 92 valence electrons. The molecule has 4 heteroatoms. The third kappa shape index (κ3) is 2.51. The maximum atomic E-state index is 9.04. The number of anilines is 1. The number of nitrogens with zero attached hydrogens (tertiary/aromatic N) is 3. The highest BCUT2D eigenvalue weighted by Crippen LogP contribution is 2.21. The molecule has 0 aliphatic rings. The fourth-order valence-corrected chi connectivity index (χ4v) is 1.80. The van der Waals surface area contributed by atoms with Crippen LogP contribution in [0.5, 0.6) is 0 Å². The van der Waals surface area contributed by atoms with E-state index in [0.29, 0.717) is 5.56 Å². The molecule has 0 radical (unpaired) electrons. The second kappa shape index (κ2) is 5.37. The van der Waals surface area contributed by atoms with E-state index in [2.05, 4.69) is 30.3 Å². The Morgan fingerprint density at radius 1 is 1.44 bits per heavy atom. The summed E-state index contributed by atoms with van der Waals surface area (Å²) in [4.78, 5) is 0. The molecule has 0 spiro atoms. The highest BCUT2D eigenvalue weighted by atomic mass is 15.3. The maximum Gasteiger partial charge on any atom is 0.101 e. The van der Waals surface area contributed by atoms with Crippen molar-refractivity contribution in [3.8, 4) is 6.07 Å². The van der Waals surface area contributed by atoms with Crippen molar-refractivity contribution in [3.05, 3.63) is 47.8 Å². The lowest BCUT2D eigenvalue weighted by Gasteiger charge is -2.14. The zero-order valence-corrected chi connectivity index (χ0v) is 10.6. The van der Waals surface area contributed by atoms with Crippen molar-refractivity contribution < 1.29 is 0 Å². The number of para-hydroxylation sites is 1. The van der Waals surface area contributed by atoms with Gasteiger partial charge in [-0.05, 0) is 26.0 Å². The molecule has 0 aliphatic carbocycles. The van der Waals surface area contributed by atoms with Gasteiger partial charge in [0.2, 0.25) is 0 Å². The van der Waals surface area contributed by atoms with Gasteiger partial charge in [0.25, 0.3) is 0 Å². The largest absolute Gasteiger partial charge is 0.377 e. The van der Waals surface area contributed by atoms with Gasteiger partial charge < -0.3 is 5.32 Å². The zero-order chi connectivity index (χ0) is 13.0. The Kier molecular flexibility index (Phi) is 3.63. The lowest BCUT2D eigenvalue weighted by atomic mass is 10.1. The molecule has 1 N–H and O–H groups in total. The van der Waals surface area contributed by atoms with Crippen LogP contribution in [0.4, 0.5) is 5.69 Å². The van der Waals surface area contributed by atoms with E-state index in [-0.39, 0.29) is 6.04 Å². The summed E-state index contributed by atoms with van der Waals surface area (Å²) in [6.45, 7) is 4.98. The van der Waals surface area contributed by atoms with Crippen LogP contribution in [0, 0.1) is 11.3 Å². The lowest BCUT2D eigenvalue weighted by molar-refractivity contribution is 0.658. The average molecular weight is 240 g/mol. The number of hydrogen-bond acceptors (Lipinski definition) is 3. The minimum absolute atomic E-state index is 0.125. The Bertz CT molecular complexity index is 565. The van der Waals surface area contributed by atoms with Crippen molar-refractivity contribution in [3.63, 3.8) is 0 Å². The second-order valence-corrected chi connectivity index (χ2v) is 4.15. The molecule has 1 unspecified atom stereocenters. The van der Waals surface area contributed by atoms with E-state index < -0.39 is 0 Å². The number of rotatable bonds is 4. The predicted octanol–water partition coefficient (Wildman–Crippen LogP) is 2.95. The van der Waals surface area contributed by atoms with Crippen LogP contribution in [0.3, 0.4) is 0 Å². The molecular formula is C14H16N4. The van der Waals surface area contributed by atoms with E-state index in [1.165, 1.54) is 0 Å². The quantitative estimate of drug-likeness (QED) is 0.893. The summed E-state index contributed by atoms with van der Waals surface area (Å²) in [7, 11) is 0. The summed E-state index contributed by atoms with van der Waals surface area (Å²) in [6.07, 6.45) is 3.88. The fourth-order valence-electron chi connectivity index (χ4n) is 1.80. The van der Waals surface area contributed by atoms with Gasteiger partial charge in [0.05, 0.1) is 23.5 Å². The number of benzene rings is 1. The molecule has 0 amide bonds. The van der Waals surface area contributed by atoms with Crippen LogP contribution >= 0.6 is 0 Å². The van der Waals surface area contributed by atoms with Crippen molar-refractivity contribution >= 4 is 5.69 Å². The van der Waals surface area contributed by atoms with Gasteiger partial charge in [0.15, 0.2) is 0 Å². The van der Waals surface area contributed by atoms with Crippen LogP contribution in [0.15, 0.2) is 36.7 Å². The molecule has 0 bridgehead atoms. The number of nitriles is 1. The van der Waals surface area contributed by atoms with Gasteiger partial charge in [0, 0.05) is 18.3 Å². The molecule has 2 aromatic rings. The molecule has 1 aromatic carbocycles. The van der Waals surface area contributed by atoms with E-state index in [1.807, 2.05) is 41.3 Å². The van der Waals surface area contributed by atoms with E-state index >= 15 is 0 Å². The number of hydrogen-bond donors (Lipinski definition) is 1. The van der Waals surface area contributed by atoms with Gasteiger partial charge in [-0.25, -0.2) is 0 Å². The van der Waals surface area contributed by atoms with Crippen molar-refractivity contribution in [1.82, 2.24) is 9.78 Å². The summed E-state index contributed by atoms with van der Waals surface area (Å²) in [5.74, 6) is 0. The molecule has 0 saturated heterocycles. The van der Waals surface area contributed by atoms with Gasteiger partial charge in [-0.3, -0.25) is 4.68 Å². The Morgan fingerprint density at radius 2 is 2.22 bits per heavy atom. The molecule has 0 fully saturated rings. The van der Waals surface area contributed by atoms with Crippen LogP contribution in [0.1, 0.15) is 31.0 Å². The SMILES string of the molecule is CCn1cc(C(C)Nc2ccccc2C#N)cn1. The zero-order valence-electron chi connectivity index (χ0n) is 10.6. The summed E-state index contributed by atoms with van der Waals surface area (Å²) in [5.41, 5.74) is 2.63. The summed E-state index contributed by atoms with van der Waals surface area (Å²) in [6, 6.07) is 9.82. The van der Waals surface area contributed by atoms with Crippen LogP contribution in [-0.4, -0.2) is 9.78 Å². The molecular weight excluding hydrogens is 224 g/mol. The van der Waals surface area contributed by atoms with E-state index in [0.717, 1.165) is 17.8 Å². The number of aryl methyl sites for hydroxylation is 1. The highest BCUT2D eigenvalue weighted by molar-refractivity contribution is 5.58. The van der Waals surface area contributed by atoms with Crippen molar-refractivity contribution in [2.24, 2.45) is 0 Å². The number of aromatic nitrogens is 2. The first-order chi connectivity index (χ1) is 8.74. The van der Waals surface area contributed by atoms with Crippen LogP contribution < -0.4 is 5.32 Å². The first kappa shape index (κ1) is 12.2. The predicted molar refractivity (Wildman–Crippen MR) is 71.1 cm³/mol. The summed E-state index contributed by atoms with van der Waals surface area (Å²) < 4.78 is 1.89. The van der Waals surface area contributed by atoms with Crippen LogP contribution in [-0.2, 0) is 6.54 Å². The van der Waals surface area contributed by atoms with Crippen LogP contribution in [0.25, 0.3) is 0 Å². The average Bonchev–Trinajstić information content (AvgIpc) is 2.88. The molecule has 1 aromatic heterocycles. The van der Waals surface area contributed by atoms with Gasteiger partial charge in [-0.15, -0.1) is 0 Å². The smallest absolute Gasteiger partial charge is 0.101 e. The van der Waals surface area contributed by atoms with E-state index in [1.54, 1.807) is 0 Å². The van der Waals surface area contributed by atoms with Crippen LogP contribution in [0.2, 0.25) is 0 Å². The third-order valence-corrected chi connectivity index (χ3v) is 2.90. The molecule has 1 atom stereocenters. The molecule has 18 heavy (non-hydrogen) atoms. The molecule has 0 saturated carbocycles. The van der Waals surface area contributed by atoms with Gasteiger partial charge >= 0.3 is 0 Å². The molecule has 0 aliphatic heterocycles. The second-order valence-electron chi connectivity index (χ2n) is 4.15. The standard InChI is InChI=1S/C14H16N4/c1-3-18-10-13(9-16-18)11(2)17-14-7-5-4-6-12(14)8-15/h4-7,9-11,17H,3H2,1-2H3. The van der Waals surface area contributed by atoms with Crippen molar-refractivity contribution in [2.75, 3.05) is 5.32 Å². The Balaban J connectivity index is 2.16. The minimum atomic E-state index is 0.125.